The first kappa shape index (κ1) is 14.6. The van der Waals surface area contributed by atoms with Crippen LogP contribution in [0.1, 0.15) is 44.9 Å². The van der Waals surface area contributed by atoms with Crippen LogP contribution in [0.3, 0.4) is 0 Å². The van der Waals surface area contributed by atoms with Gasteiger partial charge in [-0.15, -0.1) is 0 Å². The summed E-state index contributed by atoms with van der Waals surface area (Å²) in [5, 5.41) is 5.70. The van der Waals surface area contributed by atoms with E-state index in [9.17, 15) is 9.59 Å². The normalized spacial score (nSPS) is 16.2. The van der Waals surface area contributed by atoms with Crippen molar-refractivity contribution in [1.82, 2.24) is 5.32 Å². The van der Waals surface area contributed by atoms with E-state index in [1.54, 1.807) is 12.1 Å². The smallest absolute Gasteiger partial charge is 0.233 e. The fraction of sp³-hybridized carbons (Fsp3) is 0.500. The van der Waals surface area contributed by atoms with Gasteiger partial charge in [0.1, 0.15) is 6.42 Å². The number of carbonyl (C=O) groups is 2. The summed E-state index contributed by atoms with van der Waals surface area (Å²) < 4.78 is 0. The average molecular weight is 274 g/mol. The molecule has 2 N–H and O–H groups in total. The summed E-state index contributed by atoms with van der Waals surface area (Å²) in [6, 6.07) is 9.44. The minimum Gasteiger partial charge on any atom is -0.353 e. The largest absolute Gasteiger partial charge is 0.353 e. The van der Waals surface area contributed by atoms with Gasteiger partial charge in [-0.25, -0.2) is 0 Å². The number of nitrogens with one attached hydrogen (secondary N) is 2. The van der Waals surface area contributed by atoms with Gasteiger partial charge >= 0.3 is 0 Å². The van der Waals surface area contributed by atoms with Gasteiger partial charge in [0, 0.05) is 11.7 Å². The van der Waals surface area contributed by atoms with Gasteiger partial charge in [-0.1, -0.05) is 43.9 Å². The molecule has 4 nitrogen and oxygen atoms in total. The number of amides is 2. The van der Waals surface area contributed by atoms with Crippen molar-refractivity contribution < 1.29 is 9.59 Å². The number of rotatable bonds is 4. The van der Waals surface area contributed by atoms with Gasteiger partial charge in [0.15, 0.2) is 0 Å². The number of carbonyl (C=O) groups excluding carboxylic acids is 2. The number of hydrogen-bond donors (Lipinski definition) is 2. The molecule has 0 atom stereocenters. The van der Waals surface area contributed by atoms with Crippen molar-refractivity contribution in [3.05, 3.63) is 30.3 Å². The second-order valence-electron chi connectivity index (χ2n) is 5.35. The van der Waals surface area contributed by atoms with Crippen LogP contribution in [0.5, 0.6) is 0 Å². The molecule has 20 heavy (non-hydrogen) atoms. The first-order valence-corrected chi connectivity index (χ1v) is 7.38. The molecule has 1 aromatic rings. The molecule has 0 spiro atoms. The van der Waals surface area contributed by atoms with Gasteiger partial charge < -0.3 is 10.6 Å². The molecular weight excluding hydrogens is 252 g/mol. The fourth-order valence-corrected chi connectivity index (χ4v) is 2.57. The minimum atomic E-state index is -0.262. The quantitative estimate of drug-likeness (QED) is 0.655. The molecule has 0 unspecified atom stereocenters. The molecule has 0 saturated heterocycles. The highest BCUT2D eigenvalue weighted by atomic mass is 16.2. The van der Waals surface area contributed by atoms with E-state index in [-0.39, 0.29) is 24.3 Å². The standard InChI is InChI=1S/C16H22N2O2/c19-15(17-13-8-4-1-2-5-9-13)12-16(20)18-14-10-6-3-7-11-14/h3,6-7,10-11,13H,1-2,4-5,8-9,12H2,(H,17,19)(H,18,20). The minimum absolute atomic E-state index is 0.106. The molecule has 0 aliphatic heterocycles. The Morgan fingerprint density at radius 3 is 2.25 bits per heavy atom. The van der Waals surface area contributed by atoms with Crippen LogP contribution in [0.15, 0.2) is 30.3 Å². The summed E-state index contributed by atoms with van der Waals surface area (Å²) in [7, 11) is 0. The molecular formula is C16H22N2O2. The zero-order valence-electron chi connectivity index (χ0n) is 11.7. The summed E-state index contributed by atoms with van der Waals surface area (Å²) in [5.74, 6) is -0.437. The molecule has 1 aliphatic rings. The Kier molecular flexibility index (Phi) is 5.59. The van der Waals surface area contributed by atoms with E-state index in [4.69, 9.17) is 0 Å². The summed E-state index contributed by atoms with van der Waals surface area (Å²) in [6.45, 7) is 0. The summed E-state index contributed by atoms with van der Waals surface area (Å²) in [4.78, 5) is 23.6. The zero-order valence-corrected chi connectivity index (χ0v) is 11.7. The van der Waals surface area contributed by atoms with E-state index in [1.165, 1.54) is 25.7 Å². The van der Waals surface area contributed by atoms with Gasteiger partial charge in [0.2, 0.25) is 11.8 Å². The van der Waals surface area contributed by atoms with Crippen LogP contribution in [0.25, 0.3) is 0 Å². The van der Waals surface area contributed by atoms with E-state index >= 15 is 0 Å². The lowest BCUT2D eigenvalue weighted by atomic mass is 10.1. The number of benzene rings is 1. The van der Waals surface area contributed by atoms with E-state index in [2.05, 4.69) is 10.6 Å². The lowest BCUT2D eigenvalue weighted by Crippen LogP contribution is -2.36. The van der Waals surface area contributed by atoms with Gasteiger partial charge in [-0.05, 0) is 25.0 Å². The lowest BCUT2D eigenvalue weighted by molar-refractivity contribution is -0.127. The maximum absolute atomic E-state index is 11.9. The Bertz CT molecular complexity index is 437. The van der Waals surface area contributed by atoms with Crippen molar-refractivity contribution >= 4 is 17.5 Å². The fourth-order valence-electron chi connectivity index (χ4n) is 2.57. The predicted molar refractivity (Wildman–Crippen MR) is 79.3 cm³/mol. The molecule has 0 aromatic heterocycles. The van der Waals surface area contributed by atoms with Gasteiger partial charge in [-0.2, -0.15) is 0 Å². The molecule has 1 aromatic carbocycles. The molecule has 1 fully saturated rings. The Morgan fingerprint density at radius 1 is 0.950 bits per heavy atom. The van der Waals surface area contributed by atoms with Crippen molar-refractivity contribution in [3.63, 3.8) is 0 Å². The highest BCUT2D eigenvalue weighted by molar-refractivity contribution is 6.03. The third-order valence-electron chi connectivity index (χ3n) is 3.60. The van der Waals surface area contributed by atoms with Crippen molar-refractivity contribution in [2.24, 2.45) is 0 Å². The zero-order chi connectivity index (χ0) is 14.2. The van der Waals surface area contributed by atoms with Gasteiger partial charge in [0.05, 0.1) is 0 Å². The van der Waals surface area contributed by atoms with Gasteiger partial charge in [-0.3, -0.25) is 9.59 Å². The maximum Gasteiger partial charge on any atom is 0.233 e. The van der Waals surface area contributed by atoms with Crippen molar-refractivity contribution in [2.45, 2.75) is 51.0 Å². The van der Waals surface area contributed by atoms with Crippen molar-refractivity contribution in [1.29, 1.82) is 0 Å². The van der Waals surface area contributed by atoms with Gasteiger partial charge in [0.25, 0.3) is 0 Å². The van der Waals surface area contributed by atoms with Crippen molar-refractivity contribution in [3.8, 4) is 0 Å². The molecule has 2 amide bonds. The molecule has 0 bridgehead atoms. The Hall–Kier alpha value is -1.84. The van der Waals surface area contributed by atoms with Crippen LogP contribution >= 0.6 is 0 Å². The van der Waals surface area contributed by atoms with E-state index in [1.807, 2.05) is 18.2 Å². The monoisotopic (exact) mass is 274 g/mol. The molecule has 1 aliphatic carbocycles. The Morgan fingerprint density at radius 2 is 1.60 bits per heavy atom. The van der Waals surface area contributed by atoms with Crippen molar-refractivity contribution in [2.75, 3.05) is 5.32 Å². The predicted octanol–water partition coefficient (Wildman–Crippen LogP) is 2.85. The highest BCUT2D eigenvalue weighted by Crippen LogP contribution is 2.17. The first-order valence-electron chi connectivity index (χ1n) is 7.38. The Balaban J connectivity index is 1.74. The number of anilines is 1. The van der Waals surface area contributed by atoms with Crippen LogP contribution in [0, 0.1) is 0 Å². The summed E-state index contributed by atoms with van der Waals surface area (Å²) in [5.41, 5.74) is 0.722. The van der Waals surface area contributed by atoms with Crippen LogP contribution in [0.4, 0.5) is 5.69 Å². The van der Waals surface area contributed by atoms with Crippen LogP contribution in [-0.2, 0) is 9.59 Å². The summed E-state index contributed by atoms with van der Waals surface area (Å²) >= 11 is 0. The summed E-state index contributed by atoms with van der Waals surface area (Å²) in [6.07, 6.45) is 6.80. The molecule has 108 valence electrons. The second-order valence-corrected chi connectivity index (χ2v) is 5.35. The molecule has 4 heteroatoms. The molecule has 0 heterocycles. The molecule has 2 rings (SSSR count). The number of para-hydroxylation sites is 1. The van der Waals surface area contributed by atoms with E-state index in [0.29, 0.717) is 0 Å². The first-order chi connectivity index (χ1) is 9.74. The van der Waals surface area contributed by atoms with E-state index < -0.39 is 0 Å². The second kappa shape index (κ2) is 7.68. The highest BCUT2D eigenvalue weighted by Gasteiger charge is 2.16. The topological polar surface area (TPSA) is 58.2 Å². The third kappa shape index (κ3) is 5.03. The molecule has 1 saturated carbocycles. The maximum atomic E-state index is 11.9. The molecule has 0 radical (unpaired) electrons. The van der Waals surface area contributed by atoms with Crippen LogP contribution in [-0.4, -0.2) is 17.9 Å². The Labute approximate surface area is 119 Å². The number of hydrogen-bond acceptors (Lipinski definition) is 2. The van der Waals surface area contributed by atoms with Crippen LogP contribution < -0.4 is 10.6 Å². The SMILES string of the molecule is O=C(CC(=O)NC1CCCCCC1)Nc1ccccc1. The van der Waals surface area contributed by atoms with Crippen LogP contribution in [0.2, 0.25) is 0 Å². The lowest BCUT2D eigenvalue weighted by Gasteiger charge is -2.16. The average Bonchev–Trinajstić information content (AvgIpc) is 2.68. The third-order valence-corrected chi connectivity index (χ3v) is 3.60. The van der Waals surface area contributed by atoms with E-state index in [0.717, 1.165) is 18.5 Å².